The highest BCUT2D eigenvalue weighted by atomic mass is 35.5. The van der Waals surface area contributed by atoms with Crippen LogP contribution in [0.5, 0.6) is 0 Å². The molecule has 0 radical (unpaired) electrons. The van der Waals surface area contributed by atoms with Gasteiger partial charge in [0.05, 0.1) is 10.8 Å². The summed E-state index contributed by atoms with van der Waals surface area (Å²) >= 11 is 13.6. The molecule has 1 saturated heterocycles. The normalized spacial score (nSPS) is 22.2. The summed E-state index contributed by atoms with van der Waals surface area (Å²) in [7, 11) is 2.19. The van der Waals surface area contributed by atoms with Crippen LogP contribution >= 0.6 is 34.5 Å². The van der Waals surface area contributed by atoms with Gasteiger partial charge in [-0.3, -0.25) is 0 Å². The molecule has 0 aliphatic carbocycles. The molecular formula is C12H19Cl2N3S. The summed E-state index contributed by atoms with van der Waals surface area (Å²) in [5.41, 5.74) is 0. The fraction of sp³-hybridized carbons (Fsp3) is 0.750. The van der Waals surface area contributed by atoms with Gasteiger partial charge < -0.3 is 9.80 Å². The molecule has 0 aromatic carbocycles. The van der Waals surface area contributed by atoms with Crippen LogP contribution in [0, 0.1) is 0 Å². The number of hydrogen-bond acceptors (Lipinski definition) is 4. The number of halogens is 2. The summed E-state index contributed by atoms with van der Waals surface area (Å²) < 4.78 is 0. The van der Waals surface area contributed by atoms with Gasteiger partial charge in [-0.25, -0.2) is 4.98 Å². The van der Waals surface area contributed by atoms with E-state index in [0.717, 1.165) is 36.1 Å². The Balaban J connectivity index is 2.22. The fourth-order valence-corrected chi connectivity index (χ4v) is 3.94. The first-order valence-electron chi connectivity index (χ1n) is 6.32. The van der Waals surface area contributed by atoms with Crippen LogP contribution in [0.15, 0.2) is 0 Å². The second kappa shape index (κ2) is 6.42. The number of thiazole rings is 1. The van der Waals surface area contributed by atoms with Crippen LogP contribution in [-0.4, -0.2) is 42.6 Å². The lowest BCUT2D eigenvalue weighted by molar-refractivity contribution is 0.328. The number of anilines is 1. The van der Waals surface area contributed by atoms with Crippen molar-refractivity contribution in [2.45, 2.75) is 31.7 Å². The highest BCUT2D eigenvalue weighted by Gasteiger charge is 2.25. The smallest absolute Gasteiger partial charge is 0.187 e. The van der Waals surface area contributed by atoms with Gasteiger partial charge in [0.15, 0.2) is 5.13 Å². The van der Waals surface area contributed by atoms with Crippen molar-refractivity contribution in [2.75, 3.05) is 31.6 Å². The minimum atomic E-state index is 0.445. The minimum Gasteiger partial charge on any atom is -0.344 e. The molecule has 0 N–H and O–H groups in total. The van der Waals surface area contributed by atoms with Gasteiger partial charge in [-0.05, 0) is 26.4 Å². The van der Waals surface area contributed by atoms with E-state index in [9.17, 15) is 0 Å². The third-order valence-electron chi connectivity index (χ3n) is 3.38. The highest BCUT2D eigenvalue weighted by Crippen LogP contribution is 2.33. The van der Waals surface area contributed by atoms with Crippen molar-refractivity contribution >= 4 is 39.7 Å². The Hall–Kier alpha value is -0.0300. The molecule has 1 aliphatic rings. The molecule has 2 heterocycles. The van der Waals surface area contributed by atoms with Crippen molar-refractivity contribution in [3.63, 3.8) is 0 Å². The maximum absolute atomic E-state index is 6.10. The number of rotatable bonds is 3. The van der Waals surface area contributed by atoms with Crippen LogP contribution in [0.1, 0.15) is 24.6 Å². The SMILES string of the molecule is CCC1CN(C)CCCN1c1nc(Cl)c(CCl)s1. The summed E-state index contributed by atoms with van der Waals surface area (Å²) in [5.74, 6) is 0.445. The summed E-state index contributed by atoms with van der Waals surface area (Å²) in [6.45, 7) is 5.52. The average molecular weight is 308 g/mol. The van der Waals surface area contributed by atoms with E-state index in [1.54, 1.807) is 11.3 Å². The molecule has 1 unspecified atom stereocenters. The molecule has 1 aromatic rings. The maximum atomic E-state index is 6.10. The van der Waals surface area contributed by atoms with Gasteiger partial charge in [-0.15, -0.1) is 11.6 Å². The fourth-order valence-electron chi connectivity index (χ4n) is 2.37. The van der Waals surface area contributed by atoms with E-state index in [0.29, 0.717) is 17.1 Å². The summed E-state index contributed by atoms with van der Waals surface area (Å²) in [4.78, 5) is 10.2. The van der Waals surface area contributed by atoms with Gasteiger partial charge >= 0.3 is 0 Å². The zero-order valence-corrected chi connectivity index (χ0v) is 13.2. The van der Waals surface area contributed by atoms with Crippen LogP contribution in [0.2, 0.25) is 5.15 Å². The number of aromatic nitrogens is 1. The Morgan fingerprint density at radius 3 is 2.83 bits per heavy atom. The number of likely N-dealkylation sites (N-methyl/N-ethyl adjacent to an activating group) is 1. The zero-order chi connectivity index (χ0) is 13.1. The van der Waals surface area contributed by atoms with E-state index in [1.165, 1.54) is 6.42 Å². The maximum Gasteiger partial charge on any atom is 0.187 e. The van der Waals surface area contributed by atoms with Crippen LogP contribution in [0.25, 0.3) is 0 Å². The van der Waals surface area contributed by atoms with E-state index < -0.39 is 0 Å². The molecule has 6 heteroatoms. The first-order valence-corrected chi connectivity index (χ1v) is 8.05. The Morgan fingerprint density at radius 2 is 2.22 bits per heavy atom. The van der Waals surface area contributed by atoms with Crippen LogP contribution in [-0.2, 0) is 5.88 Å². The van der Waals surface area contributed by atoms with Crippen molar-refractivity contribution in [3.05, 3.63) is 10.0 Å². The molecule has 0 saturated carbocycles. The van der Waals surface area contributed by atoms with E-state index in [4.69, 9.17) is 23.2 Å². The lowest BCUT2D eigenvalue weighted by Crippen LogP contribution is -2.39. The van der Waals surface area contributed by atoms with Crippen molar-refractivity contribution in [1.29, 1.82) is 0 Å². The van der Waals surface area contributed by atoms with E-state index in [1.807, 2.05) is 0 Å². The van der Waals surface area contributed by atoms with Crippen molar-refractivity contribution in [1.82, 2.24) is 9.88 Å². The highest BCUT2D eigenvalue weighted by molar-refractivity contribution is 7.16. The van der Waals surface area contributed by atoms with Crippen LogP contribution in [0.4, 0.5) is 5.13 Å². The van der Waals surface area contributed by atoms with Crippen molar-refractivity contribution < 1.29 is 0 Å². The Morgan fingerprint density at radius 1 is 1.44 bits per heavy atom. The van der Waals surface area contributed by atoms with Crippen LogP contribution in [0.3, 0.4) is 0 Å². The Labute approximate surface area is 123 Å². The molecule has 1 aromatic heterocycles. The monoisotopic (exact) mass is 307 g/mol. The summed E-state index contributed by atoms with van der Waals surface area (Å²) in [6, 6.07) is 0.517. The minimum absolute atomic E-state index is 0.445. The molecule has 1 fully saturated rings. The van der Waals surface area contributed by atoms with Crippen molar-refractivity contribution in [3.8, 4) is 0 Å². The van der Waals surface area contributed by atoms with Gasteiger partial charge in [0.25, 0.3) is 0 Å². The van der Waals surface area contributed by atoms with Gasteiger partial charge in [0, 0.05) is 19.1 Å². The zero-order valence-electron chi connectivity index (χ0n) is 10.8. The molecule has 3 nitrogen and oxygen atoms in total. The van der Waals surface area contributed by atoms with Gasteiger partial charge in [0.2, 0.25) is 0 Å². The third kappa shape index (κ3) is 3.10. The Kier molecular flexibility index (Phi) is 5.13. The van der Waals surface area contributed by atoms with E-state index in [-0.39, 0.29) is 0 Å². The molecule has 2 rings (SSSR count). The predicted molar refractivity (Wildman–Crippen MR) is 80.2 cm³/mol. The van der Waals surface area contributed by atoms with E-state index in [2.05, 4.69) is 28.8 Å². The molecule has 1 atom stereocenters. The number of nitrogens with zero attached hydrogens (tertiary/aromatic N) is 3. The Bertz CT molecular complexity index is 397. The molecule has 102 valence electrons. The molecule has 1 aliphatic heterocycles. The van der Waals surface area contributed by atoms with Crippen LogP contribution < -0.4 is 4.90 Å². The lowest BCUT2D eigenvalue weighted by atomic mass is 10.2. The standard InChI is InChI=1S/C12H19Cl2N3S/c1-3-9-8-16(2)5-4-6-17(9)12-15-11(14)10(7-13)18-12/h9H,3-8H2,1-2H3. The molecule has 0 spiro atoms. The summed E-state index contributed by atoms with van der Waals surface area (Å²) in [6.07, 6.45) is 2.29. The number of alkyl halides is 1. The van der Waals surface area contributed by atoms with Gasteiger partial charge in [-0.1, -0.05) is 29.9 Å². The van der Waals surface area contributed by atoms with Gasteiger partial charge in [-0.2, -0.15) is 0 Å². The second-order valence-corrected chi connectivity index (χ2v) is 6.40. The average Bonchev–Trinajstić information content (AvgIpc) is 2.62. The number of hydrogen-bond donors (Lipinski definition) is 0. The summed E-state index contributed by atoms with van der Waals surface area (Å²) in [5, 5.41) is 1.59. The third-order valence-corrected chi connectivity index (χ3v) is 5.32. The second-order valence-electron chi connectivity index (χ2n) is 4.72. The predicted octanol–water partition coefficient (Wildman–Crippen LogP) is 3.46. The largest absolute Gasteiger partial charge is 0.344 e. The first-order chi connectivity index (χ1) is 8.65. The topological polar surface area (TPSA) is 19.4 Å². The first kappa shape index (κ1) is 14.4. The van der Waals surface area contributed by atoms with Crippen molar-refractivity contribution in [2.24, 2.45) is 0 Å². The molecule has 0 amide bonds. The molecule has 0 bridgehead atoms. The molecular weight excluding hydrogens is 289 g/mol. The molecule has 18 heavy (non-hydrogen) atoms. The van der Waals surface area contributed by atoms with Gasteiger partial charge in [0.1, 0.15) is 5.15 Å². The van der Waals surface area contributed by atoms with E-state index >= 15 is 0 Å². The lowest BCUT2D eigenvalue weighted by Gasteiger charge is -2.29. The quantitative estimate of drug-likeness (QED) is 0.797.